The van der Waals surface area contributed by atoms with E-state index in [-0.39, 0.29) is 0 Å². The van der Waals surface area contributed by atoms with Crippen molar-refractivity contribution in [2.75, 3.05) is 33.3 Å². The molecule has 1 aromatic carbocycles. The number of nitrogens with zero attached hydrogens (tertiary/aromatic N) is 2. The first kappa shape index (κ1) is 16.2. The third-order valence-electron chi connectivity index (χ3n) is 5.41. The quantitative estimate of drug-likeness (QED) is 0.484. The minimum Gasteiger partial charge on any atom is -0.492 e. The van der Waals surface area contributed by atoms with E-state index in [1.54, 1.807) is 0 Å². The van der Waals surface area contributed by atoms with Gasteiger partial charge >= 0.3 is 0 Å². The molecule has 0 radical (unpaired) electrons. The van der Waals surface area contributed by atoms with Crippen LogP contribution in [0.1, 0.15) is 12.8 Å². The van der Waals surface area contributed by atoms with Gasteiger partial charge in [0.05, 0.1) is 18.8 Å². The van der Waals surface area contributed by atoms with E-state index in [2.05, 4.69) is 31.1 Å². The van der Waals surface area contributed by atoms with Crippen molar-refractivity contribution < 1.29 is 9.47 Å². The van der Waals surface area contributed by atoms with Gasteiger partial charge in [-0.1, -0.05) is 22.0 Å². The molecule has 3 fully saturated rings. The van der Waals surface area contributed by atoms with Crippen molar-refractivity contribution in [3.05, 3.63) is 28.7 Å². The first-order valence-electron chi connectivity index (χ1n) is 8.74. The van der Waals surface area contributed by atoms with Crippen molar-refractivity contribution in [1.29, 1.82) is 0 Å². The molecule has 3 heterocycles. The summed E-state index contributed by atoms with van der Waals surface area (Å²) in [5.74, 6) is 3.26. The number of rotatable bonds is 4. The molecular weight excluding hydrogens is 370 g/mol. The molecule has 0 saturated carbocycles. The summed E-state index contributed by atoms with van der Waals surface area (Å²) in [5.41, 5.74) is 0. The Kier molecular flexibility index (Phi) is 4.68. The van der Waals surface area contributed by atoms with E-state index in [9.17, 15) is 0 Å². The molecule has 1 N–H and O–H groups in total. The highest BCUT2D eigenvalue weighted by Crippen LogP contribution is 2.47. The first-order valence-corrected chi connectivity index (χ1v) is 9.53. The molecule has 0 aromatic heterocycles. The standard InChI is InChI=1S/C18H24BrN3O2/c1-20-18(21-7-8-23-13-4-2-3-12(19)9-13)22-10-14-15(11-22)17-6-5-16(14)24-17/h2-4,9,14-17H,5-8,10-11H2,1H3,(H,20,21). The average molecular weight is 394 g/mol. The molecule has 0 spiro atoms. The second-order valence-corrected chi connectivity index (χ2v) is 7.72. The van der Waals surface area contributed by atoms with Crippen LogP contribution in [0.5, 0.6) is 5.75 Å². The lowest BCUT2D eigenvalue weighted by molar-refractivity contribution is 0.0767. The number of nitrogens with one attached hydrogen (secondary N) is 1. The summed E-state index contributed by atoms with van der Waals surface area (Å²) in [6.45, 7) is 3.49. The SMILES string of the molecule is CN=C(NCCOc1cccc(Br)c1)N1CC2C3CCC(O3)C2C1. The van der Waals surface area contributed by atoms with Crippen molar-refractivity contribution in [3.63, 3.8) is 0 Å². The molecule has 2 bridgehead atoms. The van der Waals surface area contributed by atoms with Crippen LogP contribution in [0.25, 0.3) is 0 Å². The second-order valence-electron chi connectivity index (χ2n) is 6.80. The van der Waals surface area contributed by atoms with Gasteiger partial charge < -0.3 is 19.7 Å². The highest BCUT2D eigenvalue weighted by atomic mass is 79.9. The molecule has 3 aliphatic heterocycles. The highest BCUT2D eigenvalue weighted by molar-refractivity contribution is 9.10. The molecular formula is C18H24BrN3O2. The molecule has 3 saturated heterocycles. The van der Waals surface area contributed by atoms with Crippen LogP contribution in [0.3, 0.4) is 0 Å². The smallest absolute Gasteiger partial charge is 0.193 e. The Morgan fingerprint density at radius 3 is 2.75 bits per heavy atom. The first-order chi connectivity index (χ1) is 11.7. The summed E-state index contributed by atoms with van der Waals surface area (Å²) in [6.07, 6.45) is 3.46. The summed E-state index contributed by atoms with van der Waals surface area (Å²) >= 11 is 3.46. The van der Waals surface area contributed by atoms with Gasteiger partial charge in [0.1, 0.15) is 12.4 Å². The predicted molar refractivity (Wildman–Crippen MR) is 97.4 cm³/mol. The van der Waals surface area contributed by atoms with Crippen LogP contribution in [0.4, 0.5) is 0 Å². The number of hydrogen-bond donors (Lipinski definition) is 1. The van der Waals surface area contributed by atoms with Crippen LogP contribution < -0.4 is 10.1 Å². The van der Waals surface area contributed by atoms with Crippen LogP contribution in [0.15, 0.2) is 33.7 Å². The molecule has 5 nitrogen and oxygen atoms in total. The Morgan fingerprint density at radius 2 is 2.08 bits per heavy atom. The van der Waals surface area contributed by atoms with Crippen LogP contribution in [0, 0.1) is 11.8 Å². The lowest BCUT2D eigenvalue weighted by Crippen LogP contribution is -2.42. The normalized spacial score (nSPS) is 31.4. The van der Waals surface area contributed by atoms with Gasteiger partial charge in [-0.25, -0.2) is 0 Å². The molecule has 3 aliphatic rings. The number of fused-ring (bicyclic) bond motifs is 5. The van der Waals surface area contributed by atoms with Crippen molar-refractivity contribution in [2.24, 2.45) is 16.8 Å². The number of halogens is 1. The third kappa shape index (κ3) is 3.14. The molecule has 0 aliphatic carbocycles. The van der Waals surface area contributed by atoms with Crippen LogP contribution in [-0.4, -0.2) is 56.4 Å². The van der Waals surface area contributed by atoms with Crippen molar-refractivity contribution in [1.82, 2.24) is 10.2 Å². The Morgan fingerprint density at radius 1 is 1.33 bits per heavy atom. The minimum absolute atomic E-state index is 0.489. The summed E-state index contributed by atoms with van der Waals surface area (Å²) in [5, 5.41) is 3.43. The fraction of sp³-hybridized carbons (Fsp3) is 0.611. The van der Waals surface area contributed by atoms with Gasteiger partial charge in [0.15, 0.2) is 5.96 Å². The predicted octanol–water partition coefficient (Wildman–Crippen LogP) is 2.51. The fourth-order valence-electron chi connectivity index (χ4n) is 4.35. The fourth-order valence-corrected chi connectivity index (χ4v) is 4.73. The number of benzene rings is 1. The van der Waals surface area contributed by atoms with E-state index in [0.717, 1.165) is 35.8 Å². The Balaban J connectivity index is 1.25. The zero-order chi connectivity index (χ0) is 16.5. The Labute approximate surface area is 151 Å². The Hall–Kier alpha value is -1.27. The molecule has 6 heteroatoms. The van der Waals surface area contributed by atoms with Gasteiger partial charge in [0.25, 0.3) is 0 Å². The van der Waals surface area contributed by atoms with E-state index in [4.69, 9.17) is 9.47 Å². The van der Waals surface area contributed by atoms with Crippen LogP contribution >= 0.6 is 15.9 Å². The summed E-state index contributed by atoms with van der Waals surface area (Å²) < 4.78 is 12.9. The number of aliphatic imine (C=N–C) groups is 1. The third-order valence-corrected chi connectivity index (χ3v) is 5.91. The number of hydrogen-bond acceptors (Lipinski definition) is 3. The second kappa shape index (κ2) is 6.92. The highest BCUT2D eigenvalue weighted by Gasteiger charge is 2.53. The molecule has 4 unspecified atom stereocenters. The monoisotopic (exact) mass is 393 g/mol. The topological polar surface area (TPSA) is 46.1 Å². The largest absolute Gasteiger partial charge is 0.492 e. The van der Waals surface area contributed by atoms with Gasteiger partial charge in [-0.15, -0.1) is 0 Å². The van der Waals surface area contributed by atoms with Gasteiger partial charge in [-0.3, -0.25) is 4.99 Å². The van der Waals surface area contributed by atoms with Crippen molar-refractivity contribution >= 4 is 21.9 Å². The summed E-state index contributed by atoms with van der Waals surface area (Å²) in [7, 11) is 1.86. The van der Waals surface area contributed by atoms with Gasteiger partial charge in [0, 0.05) is 36.4 Å². The lowest BCUT2D eigenvalue weighted by atomic mass is 9.82. The van der Waals surface area contributed by atoms with Gasteiger partial charge in [-0.2, -0.15) is 0 Å². The van der Waals surface area contributed by atoms with E-state index >= 15 is 0 Å². The number of guanidine groups is 1. The van der Waals surface area contributed by atoms with Crippen LogP contribution in [0.2, 0.25) is 0 Å². The number of ether oxygens (including phenoxy) is 2. The zero-order valence-corrected chi connectivity index (χ0v) is 15.5. The van der Waals surface area contributed by atoms with Crippen molar-refractivity contribution in [3.8, 4) is 5.75 Å². The lowest BCUT2D eigenvalue weighted by Gasteiger charge is -2.23. The molecule has 130 valence electrons. The number of likely N-dealkylation sites (tertiary alicyclic amines) is 1. The summed E-state index contributed by atoms with van der Waals surface area (Å²) in [6, 6.07) is 7.92. The minimum atomic E-state index is 0.489. The maximum absolute atomic E-state index is 6.05. The Bertz CT molecular complexity index is 606. The van der Waals surface area contributed by atoms with E-state index in [1.807, 2.05) is 31.3 Å². The maximum atomic E-state index is 6.05. The van der Waals surface area contributed by atoms with E-state index in [0.29, 0.717) is 30.7 Å². The molecule has 4 rings (SSSR count). The molecule has 1 aromatic rings. The summed E-state index contributed by atoms with van der Waals surface area (Å²) in [4.78, 5) is 6.85. The molecule has 24 heavy (non-hydrogen) atoms. The van der Waals surface area contributed by atoms with Gasteiger partial charge in [0.2, 0.25) is 0 Å². The van der Waals surface area contributed by atoms with Gasteiger partial charge in [-0.05, 0) is 31.0 Å². The van der Waals surface area contributed by atoms with Crippen molar-refractivity contribution in [2.45, 2.75) is 25.0 Å². The average Bonchev–Trinajstić information content (AvgIpc) is 3.28. The van der Waals surface area contributed by atoms with E-state index in [1.165, 1.54) is 12.8 Å². The zero-order valence-electron chi connectivity index (χ0n) is 14.0. The van der Waals surface area contributed by atoms with Crippen LogP contribution in [-0.2, 0) is 4.74 Å². The molecule has 0 amide bonds. The van der Waals surface area contributed by atoms with E-state index < -0.39 is 0 Å². The maximum Gasteiger partial charge on any atom is 0.193 e. The molecule has 4 atom stereocenters.